The van der Waals surface area contributed by atoms with E-state index in [-0.39, 0.29) is 31.7 Å². The van der Waals surface area contributed by atoms with Crippen molar-refractivity contribution in [3.8, 4) is 0 Å². The molecule has 0 saturated heterocycles. The summed E-state index contributed by atoms with van der Waals surface area (Å²) in [5.74, 6) is -0.123. The Morgan fingerprint density at radius 1 is 1.60 bits per heavy atom. The molecular weight excluding hydrogens is 121 g/mol. The van der Waals surface area contributed by atoms with Gasteiger partial charge in [-0.2, -0.15) is 0 Å². The molecule has 1 N–H and O–H groups in total. The van der Waals surface area contributed by atoms with E-state index in [0.717, 1.165) is 0 Å². The SMILES string of the molecule is C=CC(=O)NC(C)(C)C.[H-].[Li+]. The van der Waals surface area contributed by atoms with Gasteiger partial charge in [-0.1, -0.05) is 6.58 Å². The van der Waals surface area contributed by atoms with Crippen LogP contribution >= 0.6 is 0 Å². The van der Waals surface area contributed by atoms with E-state index < -0.39 is 0 Å². The van der Waals surface area contributed by atoms with Gasteiger partial charge < -0.3 is 6.74 Å². The molecule has 0 aliphatic heterocycles. The Hall–Kier alpha value is -0.193. The van der Waals surface area contributed by atoms with E-state index in [2.05, 4.69) is 11.9 Å². The fourth-order valence-corrected chi connectivity index (χ4v) is 0.421. The zero-order valence-corrected chi connectivity index (χ0v) is 7.19. The van der Waals surface area contributed by atoms with Gasteiger partial charge in [0.05, 0.1) is 0 Å². The van der Waals surface area contributed by atoms with Crippen molar-refractivity contribution >= 4 is 5.91 Å². The maximum atomic E-state index is 10.6. The van der Waals surface area contributed by atoms with Gasteiger partial charge in [0.15, 0.2) is 0 Å². The van der Waals surface area contributed by atoms with Crippen molar-refractivity contribution in [2.45, 2.75) is 26.3 Å². The van der Waals surface area contributed by atoms with Crippen molar-refractivity contribution < 1.29 is 25.1 Å². The quantitative estimate of drug-likeness (QED) is 0.334. The molecule has 0 rings (SSSR count). The van der Waals surface area contributed by atoms with Crippen LogP contribution in [0, 0.1) is 0 Å². The molecule has 3 heteroatoms. The van der Waals surface area contributed by atoms with Crippen molar-refractivity contribution in [1.82, 2.24) is 5.32 Å². The average Bonchev–Trinajstić information content (AvgIpc) is 1.62. The van der Waals surface area contributed by atoms with Crippen LogP contribution in [0.1, 0.15) is 22.2 Å². The van der Waals surface area contributed by atoms with Gasteiger partial charge in [0.1, 0.15) is 0 Å². The Kier molecular flexibility index (Phi) is 5.74. The average molecular weight is 135 g/mol. The van der Waals surface area contributed by atoms with Crippen molar-refractivity contribution in [3.05, 3.63) is 12.7 Å². The van der Waals surface area contributed by atoms with Gasteiger partial charge in [-0.05, 0) is 26.8 Å². The normalized spacial score (nSPS) is 9.50. The topological polar surface area (TPSA) is 29.1 Å². The van der Waals surface area contributed by atoms with Crippen LogP contribution in [-0.2, 0) is 4.79 Å². The van der Waals surface area contributed by atoms with E-state index in [1.807, 2.05) is 20.8 Å². The van der Waals surface area contributed by atoms with Crippen LogP contribution in [0.3, 0.4) is 0 Å². The fourth-order valence-electron chi connectivity index (χ4n) is 0.421. The van der Waals surface area contributed by atoms with Crippen LogP contribution in [-0.4, -0.2) is 11.4 Å². The molecule has 0 fully saturated rings. The summed E-state index contributed by atoms with van der Waals surface area (Å²) in [4.78, 5) is 10.6. The molecule has 0 unspecified atom stereocenters. The van der Waals surface area contributed by atoms with E-state index in [1.165, 1.54) is 6.08 Å². The second-order valence-corrected chi connectivity index (χ2v) is 2.94. The van der Waals surface area contributed by atoms with E-state index in [1.54, 1.807) is 0 Å². The number of amides is 1. The molecule has 10 heavy (non-hydrogen) atoms. The first-order valence-electron chi connectivity index (χ1n) is 2.90. The van der Waals surface area contributed by atoms with Crippen LogP contribution in [0.15, 0.2) is 12.7 Å². The van der Waals surface area contributed by atoms with Crippen LogP contribution in [0.2, 0.25) is 0 Å². The van der Waals surface area contributed by atoms with Crippen LogP contribution in [0.5, 0.6) is 0 Å². The summed E-state index contributed by atoms with van der Waals surface area (Å²) in [5, 5.41) is 2.71. The predicted molar refractivity (Wildman–Crippen MR) is 39.2 cm³/mol. The Labute approximate surface area is 75.7 Å². The number of rotatable bonds is 1. The monoisotopic (exact) mass is 135 g/mol. The van der Waals surface area contributed by atoms with Crippen LogP contribution in [0.25, 0.3) is 0 Å². The maximum Gasteiger partial charge on any atom is 1.00 e. The molecule has 0 radical (unpaired) electrons. The third kappa shape index (κ3) is 7.81. The molecule has 0 heterocycles. The molecule has 0 saturated carbocycles. The summed E-state index contributed by atoms with van der Waals surface area (Å²) < 4.78 is 0. The second kappa shape index (κ2) is 4.60. The van der Waals surface area contributed by atoms with Crippen molar-refractivity contribution in [1.29, 1.82) is 0 Å². The molecular formula is C7H14LiNO. The number of carbonyl (C=O) groups is 1. The Balaban J connectivity index is -0.000000320. The van der Waals surface area contributed by atoms with Gasteiger partial charge in [0.2, 0.25) is 5.91 Å². The molecule has 0 aromatic rings. The van der Waals surface area contributed by atoms with Gasteiger partial charge in [0.25, 0.3) is 0 Å². The number of nitrogens with one attached hydrogen (secondary N) is 1. The molecule has 0 aromatic carbocycles. The fraction of sp³-hybridized carbons (Fsp3) is 0.571. The van der Waals surface area contributed by atoms with E-state index in [9.17, 15) is 4.79 Å². The van der Waals surface area contributed by atoms with Crippen molar-refractivity contribution in [3.63, 3.8) is 0 Å². The van der Waals surface area contributed by atoms with Gasteiger partial charge in [-0.15, -0.1) is 0 Å². The summed E-state index contributed by atoms with van der Waals surface area (Å²) in [6.45, 7) is 9.11. The maximum absolute atomic E-state index is 10.6. The molecule has 0 bridgehead atoms. The molecule has 0 aliphatic carbocycles. The van der Waals surface area contributed by atoms with Crippen molar-refractivity contribution in [2.24, 2.45) is 0 Å². The molecule has 0 atom stereocenters. The van der Waals surface area contributed by atoms with E-state index in [4.69, 9.17) is 0 Å². The Morgan fingerprint density at radius 2 is 2.00 bits per heavy atom. The second-order valence-electron chi connectivity index (χ2n) is 2.94. The summed E-state index contributed by atoms with van der Waals surface area (Å²) >= 11 is 0. The summed E-state index contributed by atoms with van der Waals surface area (Å²) in [7, 11) is 0. The van der Waals surface area contributed by atoms with E-state index in [0.29, 0.717) is 0 Å². The first-order valence-corrected chi connectivity index (χ1v) is 2.90. The van der Waals surface area contributed by atoms with Crippen molar-refractivity contribution in [2.75, 3.05) is 0 Å². The minimum atomic E-state index is -0.148. The van der Waals surface area contributed by atoms with Gasteiger partial charge >= 0.3 is 18.9 Å². The smallest absolute Gasteiger partial charge is 1.00 e. The van der Waals surface area contributed by atoms with Gasteiger partial charge in [0, 0.05) is 5.54 Å². The molecule has 54 valence electrons. The Morgan fingerprint density at radius 3 is 2.10 bits per heavy atom. The van der Waals surface area contributed by atoms with Crippen LogP contribution < -0.4 is 24.2 Å². The zero-order chi connectivity index (χ0) is 7.49. The first kappa shape index (κ1) is 12.5. The standard InChI is InChI=1S/C7H13NO.Li.H/c1-5-6(9)8-7(2,3)4;;/h5H,1H2,2-4H3,(H,8,9);;/q;+1;-1. The summed E-state index contributed by atoms with van der Waals surface area (Å²) in [6, 6.07) is 0. The van der Waals surface area contributed by atoms with Gasteiger partial charge in [-0.25, -0.2) is 0 Å². The van der Waals surface area contributed by atoms with E-state index >= 15 is 0 Å². The third-order valence-corrected chi connectivity index (χ3v) is 0.684. The number of hydrogen-bond acceptors (Lipinski definition) is 1. The number of carbonyl (C=O) groups excluding carboxylic acids is 1. The van der Waals surface area contributed by atoms with Gasteiger partial charge in [-0.3, -0.25) is 4.79 Å². The predicted octanol–water partition coefficient (Wildman–Crippen LogP) is -1.80. The molecule has 2 nitrogen and oxygen atoms in total. The zero-order valence-electron chi connectivity index (χ0n) is 8.19. The molecule has 0 aliphatic rings. The van der Waals surface area contributed by atoms with Crippen LogP contribution in [0.4, 0.5) is 0 Å². The molecule has 0 aromatic heterocycles. The largest absolute Gasteiger partial charge is 1.00 e. The summed E-state index contributed by atoms with van der Waals surface area (Å²) in [6.07, 6.45) is 1.27. The molecule has 1 amide bonds. The minimum absolute atomic E-state index is 0. The number of hydrogen-bond donors (Lipinski definition) is 1. The third-order valence-electron chi connectivity index (χ3n) is 0.684. The molecule has 0 spiro atoms. The summed E-state index contributed by atoms with van der Waals surface area (Å²) in [5.41, 5.74) is -0.148. The minimum Gasteiger partial charge on any atom is -1.00 e. The first-order chi connectivity index (χ1) is 3.95. The Bertz CT molecular complexity index is 131.